The minimum Gasteiger partial charge on any atom is -0.276 e. The molecule has 0 unspecified atom stereocenters. The van der Waals surface area contributed by atoms with E-state index in [0.29, 0.717) is 17.1 Å². The predicted molar refractivity (Wildman–Crippen MR) is 99.0 cm³/mol. The van der Waals surface area contributed by atoms with Gasteiger partial charge in [-0.2, -0.15) is 0 Å². The van der Waals surface area contributed by atoms with E-state index in [9.17, 15) is 10.1 Å². The standard InChI is InChI=1S/C19H14ClN3O2/c20-15-7-8-17(19(11-15)23(24)25)13-6-9-18-14(10-13)12-21-22(18)16-4-2-1-3-5-16/h1-11,21H,12H2. The summed E-state index contributed by atoms with van der Waals surface area (Å²) in [7, 11) is 0. The number of hydrogen-bond acceptors (Lipinski definition) is 4. The lowest BCUT2D eigenvalue weighted by Gasteiger charge is -2.19. The van der Waals surface area contributed by atoms with Crippen molar-refractivity contribution in [3.63, 3.8) is 0 Å². The molecule has 124 valence electrons. The summed E-state index contributed by atoms with van der Waals surface area (Å²) in [5.74, 6) is 0. The van der Waals surface area contributed by atoms with Gasteiger partial charge >= 0.3 is 0 Å². The summed E-state index contributed by atoms with van der Waals surface area (Å²) < 4.78 is 0. The minimum atomic E-state index is -0.400. The van der Waals surface area contributed by atoms with Crippen LogP contribution in [0.15, 0.2) is 66.7 Å². The average Bonchev–Trinajstić information content (AvgIpc) is 3.05. The van der Waals surface area contributed by atoms with Crippen LogP contribution in [-0.2, 0) is 6.54 Å². The molecule has 0 spiro atoms. The fourth-order valence-electron chi connectivity index (χ4n) is 3.07. The summed E-state index contributed by atoms with van der Waals surface area (Å²) in [6.45, 7) is 0.666. The zero-order valence-electron chi connectivity index (χ0n) is 13.1. The van der Waals surface area contributed by atoms with Crippen molar-refractivity contribution in [2.45, 2.75) is 6.54 Å². The Morgan fingerprint density at radius 1 is 1.04 bits per heavy atom. The van der Waals surface area contributed by atoms with Gasteiger partial charge in [0.25, 0.3) is 5.69 Å². The van der Waals surface area contributed by atoms with Crippen molar-refractivity contribution in [2.24, 2.45) is 0 Å². The van der Waals surface area contributed by atoms with E-state index in [4.69, 9.17) is 11.6 Å². The molecule has 0 amide bonds. The Morgan fingerprint density at radius 2 is 1.84 bits per heavy atom. The summed E-state index contributed by atoms with van der Waals surface area (Å²) in [5.41, 5.74) is 7.91. The van der Waals surface area contributed by atoms with E-state index in [-0.39, 0.29) is 5.69 Å². The molecule has 0 atom stereocenters. The number of benzene rings is 3. The van der Waals surface area contributed by atoms with E-state index < -0.39 is 4.92 Å². The maximum absolute atomic E-state index is 11.3. The Bertz CT molecular complexity index is 960. The van der Waals surface area contributed by atoms with Gasteiger partial charge < -0.3 is 0 Å². The zero-order valence-corrected chi connectivity index (χ0v) is 13.9. The van der Waals surface area contributed by atoms with Gasteiger partial charge in [0.05, 0.1) is 21.9 Å². The van der Waals surface area contributed by atoms with Crippen LogP contribution in [0.3, 0.4) is 0 Å². The lowest BCUT2D eigenvalue weighted by Crippen LogP contribution is -2.26. The van der Waals surface area contributed by atoms with Gasteiger partial charge in [0.15, 0.2) is 0 Å². The molecule has 0 aromatic heterocycles. The SMILES string of the molecule is O=[N+]([O-])c1cc(Cl)ccc1-c1ccc2c(c1)CNN2c1ccccc1. The van der Waals surface area contributed by atoms with Crippen LogP contribution < -0.4 is 10.4 Å². The third-order valence-corrected chi connectivity index (χ3v) is 4.46. The normalized spacial score (nSPS) is 12.9. The van der Waals surface area contributed by atoms with Gasteiger partial charge in [-0.05, 0) is 47.5 Å². The molecule has 6 heteroatoms. The van der Waals surface area contributed by atoms with Crippen LogP contribution in [0.1, 0.15) is 5.56 Å². The number of para-hydroxylation sites is 1. The first kappa shape index (κ1) is 15.6. The first-order valence-electron chi connectivity index (χ1n) is 7.79. The van der Waals surface area contributed by atoms with Crippen LogP contribution in [0.2, 0.25) is 5.02 Å². The summed E-state index contributed by atoms with van der Waals surface area (Å²) >= 11 is 5.91. The van der Waals surface area contributed by atoms with Gasteiger partial charge in [0.1, 0.15) is 0 Å². The number of nitrogens with one attached hydrogen (secondary N) is 1. The lowest BCUT2D eigenvalue weighted by atomic mass is 10.0. The molecule has 0 saturated heterocycles. The monoisotopic (exact) mass is 351 g/mol. The Balaban J connectivity index is 1.76. The average molecular weight is 352 g/mol. The molecule has 1 N–H and O–H groups in total. The van der Waals surface area contributed by atoms with Crippen LogP contribution in [0.25, 0.3) is 11.1 Å². The summed E-state index contributed by atoms with van der Waals surface area (Å²) in [5, 5.41) is 13.7. The molecule has 1 aliphatic rings. The first-order chi connectivity index (χ1) is 12.1. The number of hydrazine groups is 1. The molecule has 1 heterocycles. The van der Waals surface area contributed by atoms with Crippen LogP contribution in [0.5, 0.6) is 0 Å². The van der Waals surface area contributed by atoms with Gasteiger partial charge in [0.2, 0.25) is 0 Å². The van der Waals surface area contributed by atoms with Gasteiger partial charge in [-0.3, -0.25) is 15.1 Å². The third-order valence-electron chi connectivity index (χ3n) is 4.23. The van der Waals surface area contributed by atoms with E-state index in [1.807, 2.05) is 53.5 Å². The van der Waals surface area contributed by atoms with Gasteiger partial charge in [-0.25, -0.2) is 5.43 Å². The Kier molecular flexibility index (Phi) is 3.87. The summed E-state index contributed by atoms with van der Waals surface area (Å²) in [4.78, 5) is 10.9. The second kappa shape index (κ2) is 6.20. The van der Waals surface area contributed by atoms with E-state index in [1.165, 1.54) is 6.07 Å². The molecule has 0 bridgehead atoms. The molecule has 3 aromatic rings. The number of hydrogen-bond donors (Lipinski definition) is 1. The molecule has 1 aliphatic heterocycles. The second-order valence-corrected chi connectivity index (χ2v) is 6.20. The molecular formula is C19H14ClN3O2. The predicted octanol–water partition coefficient (Wildman–Crippen LogP) is 5.07. The fraction of sp³-hybridized carbons (Fsp3) is 0.0526. The smallest absolute Gasteiger partial charge is 0.276 e. The minimum absolute atomic E-state index is 0.0123. The Hall–Kier alpha value is -2.89. The summed E-state index contributed by atoms with van der Waals surface area (Å²) in [6, 6.07) is 20.6. The number of fused-ring (bicyclic) bond motifs is 1. The van der Waals surface area contributed by atoms with E-state index >= 15 is 0 Å². The molecule has 0 radical (unpaired) electrons. The van der Waals surface area contributed by atoms with Crippen molar-refractivity contribution < 1.29 is 4.92 Å². The highest BCUT2D eigenvalue weighted by Gasteiger charge is 2.22. The molecule has 5 nitrogen and oxygen atoms in total. The number of rotatable bonds is 3. The quantitative estimate of drug-likeness (QED) is 0.528. The molecule has 3 aromatic carbocycles. The second-order valence-electron chi connectivity index (χ2n) is 5.77. The van der Waals surface area contributed by atoms with E-state index in [1.54, 1.807) is 12.1 Å². The highest BCUT2D eigenvalue weighted by molar-refractivity contribution is 6.30. The summed E-state index contributed by atoms with van der Waals surface area (Å²) in [6.07, 6.45) is 0. The van der Waals surface area contributed by atoms with Crippen molar-refractivity contribution >= 4 is 28.7 Å². The lowest BCUT2D eigenvalue weighted by molar-refractivity contribution is -0.384. The van der Waals surface area contributed by atoms with Crippen molar-refractivity contribution in [2.75, 3.05) is 5.01 Å². The van der Waals surface area contributed by atoms with E-state index in [2.05, 4.69) is 5.43 Å². The van der Waals surface area contributed by atoms with Crippen LogP contribution >= 0.6 is 11.6 Å². The third kappa shape index (κ3) is 2.84. The molecule has 0 saturated carbocycles. The largest absolute Gasteiger partial charge is 0.278 e. The number of anilines is 2. The Morgan fingerprint density at radius 3 is 2.60 bits per heavy atom. The zero-order chi connectivity index (χ0) is 17.4. The van der Waals surface area contributed by atoms with Crippen molar-refractivity contribution in [3.8, 4) is 11.1 Å². The molecule has 25 heavy (non-hydrogen) atoms. The topological polar surface area (TPSA) is 58.4 Å². The molecule has 0 fully saturated rings. The highest BCUT2D eigenvalue weighted by atomic mass is 35.5. The first-order valence-corrected chi connectivity index (χ1v) is 8.17. The number of nitro benzene ring substituents is 1. The van der Waals surface area contributed by atoms with Gasteiger partial charge in [-0.1, -0.05) is 35.9 Å². The van der Waals surface area contributed by atoms with Crippen LogP contribution in [0, 0.1) is 10.1 Å². The molecule has 4 rings (SSSR count). The Labute approximate surface area is 149 Å². The molecule has 0 aliphatic carbocycles. The van der Waals surface area contributed by atoms with Gasteiger partial charge in [0, 0.05) is 17.6 Å². The van der Waals surface area contributed by atoms with Crippen LogP contribution in [-0.4, -0.2) is 4.92 Å². The van der Waals surface area contributed by atoms with E-state index in [0.717, 1.165) is 22.5 Å². The number of nitrogens with zero attached hydrogens (tertiary/aromatic N) is 2. The van der Waals surface area contributed by atoms with Crippen LogP contribution in [0.4, 0.5) is 17.1 Å². The van der Waals surface area contributed by atoms with Crippen molar-refractivity contribution in [1.29, 1.82) is 0 Å². The molecular weight excluding hydrogens is 338 g/mol. The van der Waals surface area contributed by atoms with Crippen molar-refractivity contribution in [3.05, 3.63) is 87.4 Å². The number of halogens is 1. The maximum Gasteiger partial charge on any atom is 0.278 e. The fourth-order valence-corrected chi connectivity index (χ4v) is 3.24. The van der Waals surface area contributed by atoms with Gasteiger partial charge in [-0.15, -0.1) is 0 Å². The van der Waals surface area contributed by atoms with Crippen molar-refractivity contribution in [1.82, 2.24) is 5.43 Å². The maximum atomic E-state index is 11.3. The number of nitro groups is 1. The highest BCUT2D eigenvalue weighted by Crippen LogP contribution is 2.37.